The Morgan fingerprint density at radius 1 is 1.52 bits per heavy atom. The molecule has 1 aliphatic rings. The van der Waals surface area contributed by atoms with Crippen LogP contribution in [0.1, 0.15) is 31.7 Å². The fraction of sp³-hybridized carbons (Fsp3) is 0.533. The van der Waals surface area contributed by atoms with Gasteiger partial charge in [-0.15, -0.1) is 0 Å². The first-order valence-electron chi connectivity index (χ1n) is 7.19. The molecule has 1 heterocycles. The monoisotopic (exact) mass is 291 g/mol. The number of pyridine rings is 1. The van der Waals surface area contributed by atoms with Crippen LogP contribution < -0.4 is 10.6 Å². The number of urea groups is 1. The molecule has 0 bridgehead atoms. The summed E-state index contributed by atoms with van der Waals surface area (Å²) in [6.07, 6.45) is 6.29. The first-order chi connectivity index (χ1) is 10.0. The van der Waals surface area contributed by atoms with Crippen molar-refractivity contribution in [3.63, 3.8) is 0 Å². The van der Waals surface area contributed by atoms with Crippen LogP contribution in [0.25, 0.3) is 0 Å². The smallest absolute Gasteiger partial charge is 0.315 e. The van der Waals surface area contributed by atoms with Crippen LogP contribution in [0.4, 0.5) is 4.79 Å². The lowest BCUT2D eigenvalue weighted by Gasteiger charge is -2.27. The molecule has 6 nitrogen and oxygen atoms in total. The molecule has 1 saturated carbocycles. The number of carboxylic acid groups (broad SMARTS) is 1. The van der Waals surface area contributed by atoms with Crippen LogP contribution in [0, 0.1) is 5.41 Å². The summed E-state index contributed by atoms with van der Waals surface area (Å²) in [6, 6.07) is 3.18. The quantitative estimate of drug-likeness (QED) is 0.768. The highest BCUT2D eigenvalue weighted by molar-refractivity contribution is 5.79. The molecule has 114 valence electrons. The molecule has 1 aromatic heterocycles. The van der Waals surface area contributed by atoms with E-state index >= 15 is 0 Å². The first kappa shape index (κ1) is 15.3. The fourth-order valence-electron chi connectivity index (χ4n) is 2.73. The molecule has 2 rings (SSSR count). The van der Waals surface area contributed by atoms with E-state index in [1.54, 1.807) is 19.3 Å². The van der Waals surface area contributed by atoms with Gasteiger partial charge >= 0.3 is 12.0 Å². The number of amides is 2. The molecule has 0 saturated heterocycles. The van der Waals surface area contributed by atoms with E-state index < -0.39 is 11.4 Å². The van der Waals surface area contributed by atoms with Crippen LogP contribution in [0.5, 0.6) is 0 Å². The van der Waals surface area contributed by atoms with Crippen LogP contribution in [-0.2, 0) is 11.2 Å². The summed E-state index contributed by atoms with van der Waals surface area (Å²) in [4.78, 5) is 27.2. The normalized spacial score (nSPS) is 24.5. The van der Waals surface area contributed by atoms with Gasteiger partial charge in [0.15, 0.2) is 0 Å². The number of carboxylic acids is 1. The van der Waals surface area contributed by atoms with E-state index in [0.717, 1.165) is 12.0 Å². The van der Waals surface area contributed by atoms with Crippen molar-refractivity contribution >= 4 is 12.0 Å². The van der Waals surface area contributed by atoms with Crippen LogP contribution in [0.15, 0.2) is 24.5 Å². The SMILES string of the molecule is CC1(C(=O)O)CCCC1NC(=O)NCCc1cccnc1. The summed E-state index contributed by atoms with van der Waals surface area (Å²) in [5, 5.41) is 14.9. The Kier molecular flexibility index (Phi) is 4.77. The van der Waals surface area contributed by atoms with Gasteiger partial charge in [-0.05, 0) is 37.8 Å². The molecule has 3 N–H and O–H groups in total. The Labute approximate surface area is 124 Å². The Morgan fingerprint density at radius 3 is 3.00 bits per heavy atom. The number of aliphatic carboxylic acids is 1. The number of hydrogen-bond donors (Lipinski definition) is 3. The van der Waals surface area contributed by atoms with Crippen LogP contribution in [0.2, 0.25) is 0 Å². The Bertz CT molecular complexity index is 506. The second kappa shape index (κ2) is 6.56. The van der Waals surface area contributed by atoms with Crippen molar-refractivity contribution in [2.45, 2.75) is 38.6 Å². The standard InChI is InChI=1S/C15H21N3O3/c1-15(13(19)20)7-2-5-12(15)18-14(21)17-9-6-11-4-3-8-16-10-11/h3-4,8,10,12H,2,5-7,9H2,1H3,(H,19,20)(H2,17,18,21). The highest BCUT2D eigenvalue weighted by Crippen LogP contribution is 2.38. The molecule has 1 aliphatic carbocycles. The molecule has 21 heavy (non-hydrogen) atoms. The van der Waals surface area contributed by atoms with Crippen molar-refractivity contribution in [2.24, 2.45) is 5.41 Å². The molecule has 1 fully saturated rings. The number of hydrogen-bond acceptors (Lipinski definition) is 3. The second-order valence-electron chi connectivity index (χ2n) is 5.68. The van der Waals surface area contributed by atoms with Crippen molar-refractivity contribution in [1.82, 2.24) is 15.6 Å². The molecular weight excluding hydrogens is 270 g/mol. The number of nitrogens with zero attached hydrogens (tertiary/aromatic N) is 1. The van der Waals surface area contributed by atoms with Gasteiger partial charge in [-0.1, -0.05) is 12.5 Å². The molecular formula is C15H21N3O3. The van der Waals surface area contributed by atoms with Gasteiger partial charge in [0.05, 0.1) is 5.41 Å². The van der Waals surface area contributed by atoms with E-state index in [1.807, 2.05) is 12.1 Å². The van der Waals surface area contributed by atoms with Gasteiger partial charge in [0, 0.05) is 25.0 Å². The minimum absolute atomic E-state index is 0.307. The average Bonchev–Trinajstić information content (AvgIpc) is 2.83. The molecule has 0 aliphatic heterocycles. The first-order valence-corrected chi connectivity index (χ1v) is 7.19. The second-order valence-corrected chi connectivity index (χ2v) is 5.68. The fourth-order valence-corrected chi connectivity index (χ4v) is 2.73. The minimum atomic E-state index is -0.860. The molecule has 0 radical (unpaired) electrons. The van der Waals surface area contributed by atoms with Gasteiger partial charge in [0.2, 0.25) is 0 Å². The molecule has 2 atom stereocenters. The Hall–Kier alpha value is -2.11. The van der Waals surface area contributed by atoms with Crippen LogP contribution in [0.3, 0.4) is 0 Å². The van der Waals surface area contributed by atoms with Gasteiger partial charge in [0.1, 0.15) is 0 Å². The van der Waals surface area contributed by atoms with Gasteiger partial charge in [-0.25, -0.2) is 4.79 Å². The largest absolute Gasteiger partial charge is 0.481 e. The lowest BCUT2D eigenvalue weighted by Crippen LogP contribution is -2.50. The van der Waals surface area contributed by atoms with E-state index in [9.17, 15) is 14.7 Å². The van der Waals surface area contributed by atoms with E-state index in [2.05, 4.69) is 15.6 Å². The summed E-state index contributed by atoms with van der Waals surface area (Å²) >= 11 is 0. The van der Waals surface area contributed by atoms with Crippen molar-refractivity contribution in [1.29, 1.82) is 0 Å². The summed E-state index contributed by atoms with van der Waals surface area (Å²) in [5.74, 6) is -0.847. The predicted octanol–water partition coefficient (Wildman–Crippen LogP) is 1.57. The van der Waals surface area contributed by atoms with E-state index in [-0.39, 0.29) is 12.1 Å². The third kappa shape index (κ3) is 3.71. The van der Waals surface area contributed by atoms with Crippen molar-refractivity contribution in [3.05, 3.63) is 30.1 Å². The number of carbonyl (C=O) groups excluding carboxylic acids is 1. The molecule has 2 unspecified atom stereocenters. The Morgan fingerprint density at radius 2 is 2.33 bits per heavy atom. The lowest BCUT2D eigenvalue weighted by atomic mass is 9.85. The molecule has 1 aromatic rings. The van der Waals surface area contributed by atoms with Crippen molar-refractivity contribution in [2.75, 3.05) is 6.54 Å². The Balaban J connectivity index is 1.78. The third-order valence-corrected chi connectivity index (χ3v) is 4.17. The average molecular weight is 291 g/mol. The summed E-state index contributed by atoms with van der Waals surface area (Å²) < 4.78 is 0. The van der Waals surface area contributed by atoms with Crippen molar-refractivity contribution < 1.29 is 14.7 Å². The molecule has 0 spiro atoms. The number of carbonyl (C=O) groups is 2. The maximum Gasteiger partial charge on any atom is 0.315 e. The summed E-state index contributed by atoms with van der Waals surface area (Å²) in [5.41, 5.74) is 0.190. The molecule has 0 aromatic carbocycles. The zero-order valence-corrected chi connectivity index (χ0v) is 12.1. The topological polar surface area (TPSA) is 91.3 Å². The predicted molar refractivity (Wildman–Crippen MR) is 77.9 cm³/mol. The zero-order chi connectivity index (χ0) is 15.3. The lowest BCUT2D eigenvalue weighted by molar-refractivity contribution is -0.148. The summed E-state index contributed by atoms with van der Waals surface area (Å²) in [7, 11) is 0. The number of rotatable bonds is 5. The maximum absolute atomic E-state index is 11.9. The maximum atomic E-state index is 11.9. The van der Waals surface area contributed by atoms with E-state index in [4.69, 9.17) is 0 Å². The number of aromatic nitrogens is 1. The third-order valence-electron chi connectivity index (χ3n) is 4.17. The zero-order valence-electron chi connectivity index (χ0n) is 12.1. The van der Waals surface area contributed by atoms with Crippen molar-refractivity contribution in [3.8, 4) is 0 Å². The van der Waals surface area contributed by atoms with E-state index in [0.29, 0.717) is 25.8 Å². The van der Waals surface area contributed by atoms with E-state index in [1.165, 1.54) is 0 Å². The van der Waals surface area contributed by atoms with Crippen LogP contribution in [-0.4, -0.2) is 34.7 Å². The van der Waals surface area contributed by atoms with Gasteiger partial charge in [-0.3, -0.25) is 9.78 Å². The highest BCUT2D eigenvalue weighted by Gasteiger charge is 2.45. The van der Waals surface area contributed by atoms with Gasteiger partial charge < -0.3 is 15.7 Å². The van der Waals surface area contributed by atoms with Crippen LogP contribution >= 0.6 is 0 Å². The molecule has 2 amide bonds. The molecule has 6 heteroatoms. The number of nitrogens with one attached hydrogen (secondary N) is 2. The van der Waals surface area contributed by atoms with Gasteiger partial charge in [-0.2, -0.15) is 0 Å². The highest BCUT2D eigenvalue weighted by atomic mass is 16.4. The summed E-state index contributed by atoms with van der Waals surface area (Å²) in [6.45, 7) is 2.19. The van der Waals surface area contributed by atoms with Gasteiger partial charge in [0.25, 0.3) is 0 Å². The minimum Gasteiger partial charge on any atom is -0.481 e.